The average Bonchev–Trinajstić information content (AvgIpc) is 2.88. The van der Waals surface area contributed by atoms with Gasteiger partial charge in [-0.3, -0.25) is 4.98 Å². The Morgan fingerprint density at radius 3 is 2.17 bits per heavy atom. The van der Waals surface area contributed by atoms with Crippen molar-refractivity contribution in [3.05, 3.63) is 112 Å². The minimum absolute atomic E-state index is 0.267. The van der Waals surface area contributed by atoms with E-state index in [1.165, 1.54) is 17.7 Å². The summed E-state index contributed by atoms with van der Waals surface area (Å²) in [4.78, 5) is 4.57. The number of aromatic nitrogens is 1. The maximum absolute atomic E-state index is 15.2. The van der Waals surface area contributed by atoms with Crippen molar-refractivity contribution in [3.63, 3.8) is 0 Å². The molecule has 6 heteroatoms. The van der Waals surface area contributed by atoms with Crippen molar-refractivity contribution in [1.29, 1.82) is 0 Å². The zero-order valence-corrected chi connectivity index (χ0v) is 20.2. The summed E-state index contributed by atoms with van der Waals surface area (Å²) < 4.78 is 58.5. The third kappa shape index (κ3) is 6.70. The molecule has 0 amide bonds. The van der Waals surface area contributed by atoms with Crippen LogP contribution in [0.4, 0.5) is 17.6 Å². The molecule has 0 unspecified atom stereocenters. The highest BCUT2D eigenvalue weighted by Crippen LogP contribution is 2.29. The maximum Gasteiger partial charge on any atom is 0.416 e. The van der Waals surface area contributed by atoms with Gasteiger partial charge in [-0.1, -0.05) is 48.5 Å². The molecule has 0 aliphatic rings. The molecule has 0 spiro atoms. The number of hydrogen-bond acceptors (Lipinski definition) is 2. The molecule has 0 bridgehead atoms. The van der Waals surface area contributed by atoms with Gasteiger partial charge in [-0.05, 0) is 84.4 Å². The number of ether oxygens (including phenoxy) is 1. The Labute approximate surface area is 209 Å². The van der Waals surface area contributed by atoms with Crippen molar-refractivity contribution < 1.29 is 22.3 Å². The van der Waals surface area contributed by atoms with Gasteiger partial charge in [-0.15, -0.1) is 0 Å². The molecule has 3 aromatic carbocycles. The zero-order chi connectivity index (χ0) is 25.5. The van der Waals surface area contributed by atoms with Crippen LogP contribution >= 0.6 is 0 Å². The van der Waals surface area contributed by atoms with Gasteiger partial charge < -0.3 is 4.74 Å². The van der Waals surface area contributed by atoms with E-state index in [1.54, 1.807) is 13.2 Å². The third-order valence-corrected chi connectivity index (χ3v) is 6.43. The standard InChI is InChI=1S/C30H29F4NO/c1-36-18-2-3-23-8-16-27(35-20-23)15-7-22-9-17-28-25(19-22)12-11-24(29(28)31)10-4-21-5-13-26(14-6-21)30(32,33)34/h5-6,8-9,11-14,16-17,19-20H,2-4,7,10,15,18H2,1H3. The summed E-state index contributed by atoms with van der Waals surface area (Å²) in [6.07, 6.45) is 1.99. The molecule has 1 heterocycles. The molecule has 0 atom stereocenters. The van der Waals surface area contributed by atoms with Crippen molar-refractivity contribution in [1.82, 2.24) is 4.98 Å². The van der Waals surface area contributed by atoms with Crippen LogP contribution in [0, 0.1) is 5.82 Å². The number of nitrogens with zero attached hydrogens (tertiary/aromatic N) is 1. The van der Waals surface area contributed by atoms with Crippen molar-refractivity contribution in [3.8, 4) is 0 Å². The van der Waals surface area contributed by atoms with E-state index in [0.29, 0.717) is 23.8 Å². The van der Waals surface area contributed by atoms with E-state index >= 15 is 4.39 Å². The monoisotopic (exact) mass is 495 g/mol. The Hall–Kier alpha value is -3.25. The lowest BCUT2D eigenvalue weighted by Gasteiger charge is -2.10. The van der Waals surface area contributed by atoms with Crippen molar-refractivity contribution in [2.45, 2.75) is 44.7 Å². The van der Waals surface area contributed by atoms with Gasteiger partial charge in [-0.25, -0.2) is 4.39 Å². The van der Waals surface area contributed by atoms with E-state index in [4.69, 9.17) is 4.74 Å². The molecule has 4 rings (SSSR count). The first-order valence-corrected chi connectivity index (χ1v) is 12.1. The van der Waals surface area contributed by atoms with E-state index in [2.05, 4.69) is 17.1 Å². The lowest BCUT2D eigenvalue weighted by Crippen LogP contribution is -2.04. The molecule has 0 aliphatic carbocycles. The maximum atomic E-state index is 15.2. The molecule has 0 saturated heterocycles. The van der Waals surface area contributed by atoms with E-state index in [1.807, 2.05) is 30.5 Å². The average molecular weight is 496 g/mol. The van der Waals surface area contributed by atoms with Crippen LogP contribution in [0.5, 0.6) is 0 Å². The highest BCUT2D eigenvalue weighted by Gasteiger charge is 2.29. The van der Waals surface area contributed by atoms with Gasteiger partial charge in [0.1, 0.15) is 5.82 Å². The summed E-state index contributed by atoms with van der Waals surface area (Å²) in [5.41, 5.74) is 3.97. The predicted molar refractivity (Wildman–Crippen MR) is 135 cm³/mol. The van der Waals surface area contributed by atoms with Crippen LogP contribution in [-0.2, 0) is 43.0 Å². The molecule has 2 nitrogen and oxygen atoms in total. The van der Waals surface area contributed by atoms with Crippen molar-refractivity contribution in [2.24, 2.45) is 0 Å². The Morgan fingerprint density at radius 1 is 0.750 bits per heavy atom. The molecule has 4 aromatic rings. The molecule has 1 aromatic heterocycles. The number of rotatable bonds is 10. The molecular formula is C30H29F4NO. The number of alkyl halides is 3. The van der Waals surface area contributed by atoms with Gasteiger partial charge in [-0.2, -0.15) is 13.2 Å². The topological polar surface area (TPSA) is 22.1 Å². The Kier molecular flexibility index (Phi) is 8.36. The molecule has 0 aliphatic heterocycles. The highest BCUT2D eigenvalue weighted by molar-refractivity contribution is 5.84. The Bertz CT molecular complexity index is 1280. The first-order valence-electron chi connectivity index (χ1n) is 12.1. The molecule has 188 valence electrons. The first kappa shape index (κ1) is 25.8. The van der Waals surface area contributed by atoms with Gasteiger partial charge in [0.15, 0.2) is 0 Å². The van der Waals surface area contributed by atoms with Gasteiger partial charge in [0, 0.05) is 31.0 Å². The van der Waals surface area contributed by atoms with Crippen LogP contribution in [0.1, 0.15) is 39.9 Å². The third-order valence-electron chi connectivity index (χ3n) is 6.43. The van der Waals surface area contributed by atoms with Crippen LogP contribution in [0.2, 0.25) is 0 Å². The lowest BCUT2D eigenvalue weighted by atomic mass is 9.97. The molecule has 36 heavy (non-hydrogen) atoms. The van der Waals surface area contributed by atoms with E-state index in [-0.39, 0.29) is 5.82 Å². The first-order chi connectivity index (χ1) is 17.3. The van der Waals surface area contributed by atoms with Crippen LogP contribution in [0.3, 0.4) is 0 Å². The summed E-state index contributed by atoms with van der Waals surface area (Å²) >= 11 is 0. The number of benzene rings is 3. The summed E-state index contributed by atoms with van der Waals surface area (Å²) in [6, 6.07) is 18.7. The number of methoxy groups -OCH3 is 1. The smallest absolute Gasteiger partial charge is 0.385 e. The molecule has 0 fully saturated rings. The predicted octanol–water partition coefficient (Wildman–Crippen LogP) is 7.54. The largest absolute Gasteiger partial charge is 0.416 e. The minimum Gasteiger partial charge on any atom is -0.385 e. The summed E-state index contributed by atoms with van der Waals surface area (Å²) in [6.45, 7) is 0.741. The number of pyridine rings is 1. The summed E-state index contributed by atoms with van der Waals surface area (Å²) in [5.74, 6) is -0.267. The minimum atomic E-state index is -4.35. The highest BCUT2D eigenvalue weighted by atomic mass is 19.4. The number of fused-ring (bicyclic) bond motifs is 1. The Balaban J connectivity index is 1.36. The number of halogens is 4. The fraction of sp³-hybridized carbons (Fsp3) is 0.300. The second kappa shape index (κ2) is 11.7. The summed E-state index contributed by atoms with van der Waals surface area (Å²) in [7, 11) is 1.70. The quantitative estimate of drug-likeness (QED) is 0.167. The molecular weight excluding hydrogens is 466 g/mol. The van der Waals surface area contributed by atoms with Gasteiger partial charge in [0.05, 0.1) is 5.56 Å². The molecule has 0 N–H and O–H groups in total. The van der Waals surface area contributed by atoms with Gasteiger partial charge in [0.2, 0.25) is 0 Å². The second-order valence-electron chi connectivity index (χ2n) is 9.04. The molecule has 0 radical (unpaired) electrons. The fourth-order valence-corrected chi connectivity index (χ4v) is 4.32. The van der Waals surface area contributed by atoms with Gasteiger partial charge in [0.25, 0.3) is 0 Å². The van der Waals surface area contributed by atoms with Crippen LogP contribution in [0.25, 0.3) is 10.8 Å². The molecule has 0 saturated carbocycles. The van der Waals surface area contributed by atoms with Crippen molar-refractivity contribution in [2.75, 3.05) is 13.7 Å². The summed E-state index contributed by atoms with van der Waals surface area (Å²) in [5, 5.41) is 1.40. The van der Waals surface area contributed by atoms with E-state index in [9.17, 15) is 13.2 Å². The number of hydrogen-bond donors (Lipinski definition) is 0. The van der Waals surface area contributed by atoms with Crippen LogP contribution < -0.4 is 0 Å². The fourth-order valence-electron chi connectivity index (χ4n) is 4.32. The second-order valence-corrected chi connectivity index (χ2v) is 9.04. The lowest BCUT2D eigenvalue weighted by molar-refractivity contribution is -0.137. The van der Waals surface area contributed by atoms with Gasteiger partial charge >= 0.3 is 6.18 Å². The van der Waals surface area contributed by atoms with Crippen LogP contribution in [0.15, 0.2) is 72.9 Å². The Morgan fingerprint density at radius 2 is 1.47 bits per heavy atom. The van der Waals surface area contributed by atoms with E-state index < -0.39 is 11.7 Å². The van der Waals surface area contributed by atoms with E-state index in [0.717, 1.165) is 66.6 Å². The number of aryl methyl sites for hydroxylation is 5. The van der Waals surface area contributed by atoms with Crippen molar-refractivity contribution >= 4 is 10.8 Å². The zero-order valence-electron chi connectivity index (χ0n) is 20.2. The SMILES string of the molecule is COCCCc1ccc(CCc2ccc3c(F)c(CCc4ccc(C(F)(F)F)cc4)ccc3c2)nc1. The van der Waals surface area contributed by atoms with Crippen LogP contribution in [-0.4, -0.2) is 18.7 Å². The normalized spacial score (nSPS) is 11.8.